The zero-order chi connectivity index (χ0) is 19.3. The summed E-state index contributed by atoms with van der Waals surface area (Å²) in [6, 6.07) is 0. The molecule has 0 saturated heterocycles. The van der Waals surface area contributed by atoms with Crippen molar-refractivity contribution in [3.8, 4) is 0 Å². The van der Waals surface area contributed by atoms with Crippen molar-refractivity contribution in [3.63, 3.8) is 0 Å². The highest BCUT2D eigenvalue weighted by Crippen LogP contribution is 2.72. The van der Waals surface area contributed by atoms with Crippen LogP contribution < -0.4 is 0 Å². The zero-order valence-corrected chi connectivity index (χ0v) is 15.9. The van der Waals surface area contributed by atoms with Gasteiger partial charge in [0.25, 0.3) is 0 Å². The Morgan fingerprint density at radius 1 is 1.23 bits per heavy atom. The van der Waals surface area contributed by atoms with Gasteiger partial charge in [-0.15, -0.1) is 0 Å². The third kappa shape index (κ3) is 1.64. The van der Waals surface area contributed by atoms with Gasteiger partial charge < -0.3 is 14.9 Å². The molecule has 0 aromatic rings. The fourth-order valence-electron chi connectivity index (χ4n) is 7.05. The summed E-state index contributed by atoms with van der Waals surface area (Å²) in [7, 11) is 1.34. The molecule has 0 amide bonds. The minimum absolute atomic E-state index is 0.0185. The highest BCUT2D eigenvalue weighted by atomic mass is 16.6. The van der Waals surface area contributed by atoms with Gasteiger partial charge >= 0.3 is 0 Å². The maximum atomic E-state index is 13.4. The number of carbonyl (C=O) groups is 2. The van der Waals surface area contributed by atoms with Gasteiger partial charge in [-0.25, -0.2) is 0 Å². The van der Waals surface area contributed by atoms with Crippen molar-refractivity contribution in [2.75, 3.05) is 7.11 Å². The number of methoxy groups -OCH3 is 1. The van der Waals surface area contributed by atoms with Crippen molar-refractivity contribution < 1.29 is 24.5 Å². The van der Waals surface area contributed by atoms with Gasteiger partial charge in [0.15, 0.2) is 11.6 Å². The normalized spacial score (nSPS) is 52.0. The van der Waals surface area contributed by atoms with Gasteiger partial charge in [0, 0.05) is 18.4 Å². The molecule has 142 valence electrons. The summed E-state index contributed by atoms with van der Waals surface area (Å²) in [6.45, 7) is 9.74. The Labute approximate surface area is 154 Å². The van der Waals surface area contributed by atoms with Gasteiger partial charge in [0.05, 0.1) is 5.41 Å². The summed E-state index contributed by atoms with van der Waals surface area (Å²) < 4.78 is 5.53. The fraction of sp³-hybridized carbons (Fsp3) is 0.714. The van der Waals surface area contributed by atoms with Crippen LogP contribution in [0.25, 0.3) is 0 Å². The Hall–Kier alpha value is -1.30. The standard InChI is InChI=1S/C21H28O5/c1-11-12-6-7-13-19(4)14(22)8-9-18(2,3)15(19)17(24)21(25,26-5)20(13,10-12)16(11)23/h8-9,12-13,15,17,24-25H,1,6-7,10H2,2-5H3/t12-,13+,15-,17+,19-,20+,21?/m1/s1. The number of fused-ring (bicyclic) bond motifs is 3. The predicted octanol–water partition coefficient (Wildman–Crippen LogP) is 2.03. The molecule has 1 spiro atoms. The summed E-state index contributed by atoms with van der Waals surface area (Å²) in [6.07, 6.45) is 3.83. The zero-order valence-electron chi connectivity index (χ0n) is 15.9. The van der Waals surface area contributed by atoms with E-state index in [2.05, 4.69) is 6.58 Å². The van der Waals surface area contributed by atoms with Crippen LogP contribution in [-0.4, -0.2) is 40.8 Å². The van der Waals surface area contributed by atoms with E-state index < -0.39 is 40.0 Å². The van der Waals surface area contributed by atoms with Gasteiger partial charge in [-0.1, -0.05) is 33.4 Å². The van der Waals surface area contributed by atoms with E-state index in [1.807, 2.05) is 20.8 Å². The molecule has 5 heteroatoms. The monoisotopic (exact) mass is 360 g/mol. The Kier molecular flexibility index (Phi) is 3.44. The number of ether oxygens (including phenoxy) is 1. The molecule has 7 atom stereocenters. The molecular formula is C21H28O5. The highest BCUT2D eigenvalue weighted by Gasteiger charge is 2.79. The molecule has 0 aliphatic heterocycles. The molecule has 26 heavy (non-hydrogen) atoms. The van der Waals surface area contributed by atoms with Crippen LogP contribution in [0.1, 0.15) is 40.0 Å². The Balaban J connectivity index is 2.03. The molecule has 4 rings (SSSR count). The van der Waals surface area contributed by atoms with Crippen LogP contribution in [-0.2, 0) is 14.3 Å². The van der Waals surface area contributed by atoms with Crippen molar-refractivity contribution >= 4 is 11.6 Å². The first kappa shape index (κ1) is 18.1. The van der Waals surface area contributed by atoms with Crippen LogP contribution in [0.5, 0.6) is 0 Å². The lowest BCUT2D eigenvalue weighted by molar-refractivity contribution is -0.363. The number of aliphatic hydroxyl groups excluding tert-OH is 1. The Morgan fingerprint density at radius 3 is 2.50 bits per heavy atom. The number of aliphatic hydroxyl groups is 2. The van der Waals surface area contributed by atoms with Crippen LogP contribution in [0.2, 0.25) is 0 Å². The van der Waals surface area contributed by atoms with E-state index in [0.29, 0.717) is 18.4 Å². The second-order valence-electron chi connectivity index (χ2n) is 9.48. The second kappa shape index (κ2) is 4.94. The number of allylic oxidation sites excluding steroid dienone is 3. The van der Waals surface area contributed by atoms with E-state index in [9.17, 15) is 19.8 Å². The van der Waals surface area contributed by atoms with Gasteiger partial charge in [-0.05, 0) is 48.2 Å². The number of Topliss-reactive ketones (excluding diaryl/α,β-unsaturated/α-hetero) is 1. The molecule has 1 unspecified atom stereocenters. The number of hydrogen-bond donors (Lipinski definition) is 2. The quantitative estimate of drug-likeness (QED) is 0.552. The topological polar surface area (TPSA) is 83.8 Å². The number of rotatable bonds is 1. The van der Waals surface area contributed by atoms with E-state index in [1.54, 1.807) is 12.2 Å². The second-order valence-corrected chi connectivity index (χ2v) is 9.48. The summed E-state index contributed by atoms with van der Waals surface area (Å²) in [5.74, 6) is -3.31. The maximum absolute atomic E-state index is 13.4. The lowest BCUT2D eigenvalue weighted by Gasteiger charge is -2.66. The van der Waals surface area contributed by atoms with Gasteiger partial charge in [-0.2, -0.15) is 0 Å². The molecule has 0 heterocycles. The number of hydrogen-bond acceptors (Lipinski definition) is 5. The number of carbonyl (C=O) groups excluding carboxylic acids is 2. The van der Waals surface area contributed by atoms with E-state index in [1.165, 1.54) is 7.11 Å². The first-order chi connectivity index (χ1) is 12.0. The average Bonchev–Trinajstić information content (AvgIpc) is 2.78. The van der Waals surface area contributed by atoms with Crippen LogP contribution >= 0.6 is 0 Å². The molecule has 4 aliphatic carbocycles. The summed E-state index contributed by atoms with van der Waals surface area (Å²) in [5.41, 5.74) is -2.28. The Morgan fingerprint density at radius 2 is 1.88 bits per heavy atom. The minimum atomic E-state index is -2.03. The largest absolute Gasteiger partial charge is 0.387 e. The van der Waals surface area contributed by atoms with E-state index >= 15 is 0 Å². The smallest absolute Gasteiger partial charge is 0.205 e. The summed E-state index contributed by atoms with van der Waals surface area (Å²) in [4.78, 5) is 26.5. The molecular weight excluding hydrogens is 332 g/mol. The lowest BCUT2D eigenvalue weighted by Crippen LogP contribution is -2.76. The number of ketones is 2. The molecule has 0 radical (unpaired) electrons. The molecule has 4 aliphatic rings. The van der Waals surface area contributed by atoms with E-state index in [0.717, 1.165) is 6.42 Å². The van der Waals surface area contributed by atoms with Crippen LogP contribution in [0.15, 0.2) is 24.3 Å². The van der Waals surface area contributed by atoms with Gasteiger partial charge in [-0.3, -0.25) is 9.59 Å². The van der Waals surface area contributed by atoms with Crippen LogP contribution in [0.4, 0.5) is 0 Å². The first-order valence-corrected chi connectivity index (χ1v) is 9.41. The molecule has 2 N–H and O–H groups in total. The first-order valence-electron chi connectivity index (χ1n) is 9.41. The van der Waals surface area contributed by atoms with E-state index in [4.69, 9.17) is 4.74 Å². The highest BCUT2D eigenvalue weighted by molar-refractivity contribution is 6.05. The van der Waals surface area contributed by atoms with E-state index in [-0.39, 0.29) is 17.5 Å². The third-order valence-electron chi connectivity index (χ3n) is 8.19. The van der Waals surface area contributed by atoms with Gasteiger partial charge in [0.1, 0.15) is 6.10 Å². The van der Waals surface area contributed by atoms with Crippen molar-refractivity contribution in [2.24, 2.45) is 34.0 Å². The molecule has 5 nitrogen and oxygen atoms in total. The van der Waals surface area contributed by atoms with Crippen LogP contribution in [0.3, 0.4) is 0 Å². The van der Waals surface area contributed by atoms with Gasteiger partial charge in [0.2, 0.25) is 5.79 Å². The third-order valence-corrected chi connectivity index (χ3v) is 8.19. The fourth-order valence-corrected chi connectivity index (χ4v) is 7.05. The predicted molar refractivity (Wildman–Crippen MR) is 94.9 cm³/mol. The average molecular weight is 360 g/mol. The molecule has 2 bridgehead atoms. The van der Waals surface area contributed by atoms with Crippen LogP contribution in [0, 0.1) is 34.0 Å². The summed E-state index contributed by atoms with van der Waals surface area (Å²) >= 11 is 0. The van der Waals surface area contributed by atoms with Crippen molar-refractivity contribution in [2.45, 2.75) is 51.9 Å². The molecule has 0 aromatic heterocycles. The Bertz CT molecular complexity index is 752. The molecule has 3 saturated carbocycles. The van der Waals surface area contributed by atoms with Crippen molar-refractivity contribution in [1.29, 1.82) is 0 Å². The molecule has 3 fully saturated rings. The van der Waals surface area contributed by atoms with Crippen molar-refractivity contribution in [3.05, 3.63) is 24.3 Å². The van der Waals surface area contributed by atoms with Crippen molar-refractivity contribution in [1.82, 2.24) is 0 Å². The summed E-state index contributed by atoms with van der Waals surface area (Å²) in [5, 5.41) is 23.0. The molecule has 0 aromatic carbocycles. The maximum Gasteiger partial charge on any atom is 0.205 e. The SMILES string of the molecule is C=C1C(=O)[C@]23C[C@H]1CC[C@H]2[C@]1(C)C(=O)C=CC(C)(C)[C@H]1[C@H](O)C3(O)OC. The lowest BCUT2D eigenvalue weighted by atomic mass is 9.39. The minimum Gasteiger partial charge on any atom is -0.387 e.